The molecule has 0 amide bonds. The average Bonchev–Trinajstić information content (AvgIpc) is 2.21. The first-order valence-electron chi connectivity index (χ1n) is 5.68. The van der Waals surface area contributed by atoms with Gasteiger partial charge in [-0.15, -0.1) is 0 Å². The Morgan fingerprint density at radius 2 is 2.07 bits per heavy atom. The van der Waals surface area contributed by atoms with E-state index in [1.165, 1.54) is 18.9 Å². The lowest BCUT2D eigenvalue weighted by Crippen LogP contribution is -2.21. The summed E-state index contributed by atoms with van der Waals surface area (Å²) in [5.74, 6) is 0.551. The molecule has 0 saturated heterocycles. The third-order valence-electron chi connectivity index (χ3n) is 2.55. The highest BCUT2D eigenvalue weighted by atomic mass is 19.1. The molecule has 2 heteroatoms. The SMILES string of the molecule is CCCC(C)CNCc1ccccc1F. The van der Waals surface area contributed by atoms with Crippen molar-refractivity contribution in [3.63, 3.8) is 0 Å². The summed E-state index contributed by atoms with van der Waals surface area (Å²) in [6.45, 7) is 5.99. The molecule has 1 rings (SSSR count). The van der Waals surface area contributed by atoms with Crippen LogP contribution in [-0.4, -0.2) is 6.54 Å². The van der Waals surface area contributed by atoms with Crippen LogP contribution >= 0.6 is 0 Å². The lowest BCUT2D eigenvalue weighted by Gasteiger charge is -2.11. The number of hydrogen-bond donors (Lipinski definition) is 1. The number of nitrogens with one attached hydrogen (secondary N) is 1. The van der Waals surface area contributed by atoms with Gasteiger partial charge in [0, 0.05) is 12.1 Å². The maximum absolute atomic E-state index is 13.2. The van der Waals surface area contributed by atoms with Crippen LogP contribution in [0, 0.1) is 11.7 Å². The fourth-order valence-electron chi connectivity index (χ4n) is 1.69. The van der Waals surface area contributed by atoms with E-state index in [0.717, 1.165) is 12.1 Å². The Morgan fingerprint density at radius 3 is 2.73 bits per heavy atom. The van der Waals surface area contributed by atoms with Crippen molar-refractivity contribution in [2.45, 2.75) is 33.2 Å². The van der Waals surface area contributed by atoms with E-state index in [4.69, 9.17) is 0 Å². The summed E-state index contributed by atoms with van der Waals surface area (Å²) in [5, 5.41) is 3.29. The van der Waals surface area contributed by atoms with E-state index >= 15 is 0 Å². The van der Waals surface area contributed by atoms with Crippen LogP contribution in [0.25, 0.3) is 0 Å². The third-order valence-corrected chi connectivity index (χ3v) is 2.55. The normalized spacial score (nSPS) is 12.7. The lowest BCUT2D eigenvalue weighted by atomic mass is 10.1. The van der Waals surface area contributed by atoms with Crippen molar-refractivity contribution < 1.29 is 4.39 Å². The third kappa shape index (κ3) is 4.43. The highest BCUT2D eigenvalue weighted by Crippen LogP contribution is 2.07. The zero-order valence-corrected chi connectivity index (χ0v) is 9.59. The van der Waals surface area contributed by atoms with Gasteiger partial charge in [-0.05, 0) is 24.9 Å². The van der Waals surface area contributed by atoms with E-state index in [1.54, 1.807) is 6.07 Å². The van der Waals surface area contributed by atoms with Crippen LogP contribution in [-0.2, 0) is 6.54 Å². The highest BCUT2D eigenvalue weighted by molar-refractivity contribution is 5.16. The predicted octanol–water partition coefficient (Wildman–Crippen LogP) is 3.35. The summed E-state index contributed by atoms with van der Waals surface area (Å²) in [6.07, 6.45) is 2.44. The van der Waals surface area contributed by atoms with Gasteiger partial charge in [-0.25, -0.2) is 4.39 Å². The fraction of sp³-hybridized carbons (Fsp3) is 0.538. The Balaban J connectivity index is 2.29. The minimum Gasteiger partial charge on any atom is -0.312 e. The van der Waals surface area contributed by atoms with Crippen molar-refractivity contribution in [3.8, 4) is 0 Å². The quantitative estimate of drug-likeness (QED) is 0.757. The molecule has 0 aliphatic carbocycles. The molecule has 0 aromatic heterocycles. The van der Waals surface area contributed by atoms with E-state index in [0.29, 0.717) is 12.5 Å². The minimum atomic E-state index is -0.117. The lowest BCUT2D eigenvalue weighted by molar-refractivity contribution is 0.471. The molecule has 1 N–H and O–H groups in total. The smallest absolute Gasteiger partial charge is 0.127 e. The molecule has 0 saturated carbocycles. The Bertz CT molecular complexity index is 286. The Labute approximate surface area is 91.7 Å². The second kappa shape index (κ2) is 6.57. The second-order valence-electron chi connectivity index (χ2n) is 4.12. The van der Waals surface area contributed by atoms with Gasteiger partial charge in [-0.3, -0.25) is 0 Å². The molecule has 0 radical (unpaired) electrons. The predicted molar refractivity (Wildman–Crippen MR) is 62.2 cm³/mol. The number of rotatable bonds is 6. The number of hydrogen-bond acceptors (Lipinski definition) is 1. The highest BCUT2D eigenvalue weighted by Gasteiger charge is 2.02. The van der Waals surface area contributed by atoms with Crippen LogP contribution in [0.2, 0.25) is 0 Å². The van der Waals surface area contributed by atoms with Crippen molar-refractivity contribution in [1.82, 2.24) is 5.32 Å². The van der Waals surface area contributed by atoms with Gasteiger partial charge in [-0.1, -0.05) is 38.5 Å². The number of halogens is 1. The van der Waals surface area contributed by atoms with Crippen molar-refractivity contribution in [2.75, 3.05) is 6.54 Å². The molecule has 15 heavy (non-hydrogen) atoms. The summed E-state index contributed by atoms with van der Waals surface area (Å²) < 4.78 is 13.2. The van der Waals surface area contributed by atoms with Crippen LogP contribution in [0.3, 0.4) is 0 Å². The zero-order chi connectivity index (χ0) is 11.1. The molecular weight excluding hydrogens is 189 g/mol. The molecule has 0 heterocycles. The first-order chi connectivity index (χ1) is 7.24. The Morgan fingerprint density at radius 1 is 1.33 bits per heavy atom. The summed E-state index contributed by atoms with van der Waals surface area (Å²) >= 11 is 0. The van der Waals surface area contributed by atoms with Crippen molar-refractivity contribution in [2.24, 2.45) is 5.92 Å². The van der Waals surface area contributed by atoms with E-state index in [1.807, 2.05) is 12.1 Å². The van der Waals surface area contributed by atoms with Gasteiger partial charge in [0.1, 0.15) is 5.82 Å². The van der Waals surface area contributed by atoms with Crippen LogP contribution in [0.15, 0.2) is 24.3 Å². The molecule has 1 unspecified atom stereocenters. The molecule has 1 aromatic rings. The van der Waals surface area contributed by atoms with E-state index in [-0.39, 0.29) is 5.82 Å². The van der Waals surface area contributed by atoms with E-state index < -0.39 is 0 Å². The molecule has 0 aliphatic rings. The maximum atomic E-state index is 13.2. The van der Waals surface area contributed by atoms with Gasteiger partial charge in [-0.2, -0.15) is 0 Å². The van der Waals surface area contributed by atoms with Crippen molar-refractivity contribution >= 4 is 0 Å². The minimum absolute atomic E-state index is 0.117. The maximum Gasteiger partial charge on any atom is 0.127 e. The number of benzene rings is 1. The summed E-state index contributed by atoms with van der Waals surface area (Å²) in [5.41, 5.74) is 0.751. The monoisotopic (exact) mass is 209 g/mol. The van der Waals surface area contributed by atoms with Crippen molar-refractivity contribution in [3.05, 3.63) is 35.6 Å². The molecule has 0 fully saturated rings. The van der Waals surface area contributed by atoms with Gasteiger partial charge in [0.15, 0.2) is 0 Å². The van der Waals surface area contributed by atoms with E-state index in [9.17, 15) is 4.39 Å². The first-order valence-corrected chi connectivity index (χ1v) is 5.68. The van der Waals surface area contributed by atoms with Gasteiger partial charge in [0.2, 0.25) is 0 Å². The van der Waals surface area contributed by atoms with Gasteiger partial charge >= 0.3 is 0 Å². The average molecular weight is 209 g/mol. The van der Waals surface area contributed by atoms with E-state index in [2.05, 4.69) is 19.2 Å². The molecule has 1 aromatic carbocycles. The molecule has 0 aliphatic heterocycles. The van der Waals surface area contributed by atoms with Gasteiger partial charge in [0.25, 0.3) is 0 Å². The van der Waals surface area contributed by atoms with Gasteiger partial charge < -0.3 is 5.32 Å². The zero-order valence-electron chi connectivity index (χ0n) is 9.59. The topological polar surface area (TPSA) is 12.0 Å². The molecule has 84 valence electrons. The molecule has 1 nitrogen and oxygen atoms in total. The Kier molecular flexibility index (Phi) is 5.33. The Hall–Kier alpha value is -0.890. The van der Waals surface area contributed by atoms with Crippen LogP contribution in [0.5, 0.6) is 0 Å². The van der Waals surface area contributed by atoms with Crippen LogP contribution < -0.4 is 5.32 Å². The van der Waals surface area contributed by atoms with Crippen LogP contribution in [0.1, 0.15) is 32.3 Å². The summed E-state index contributed by atoms with van der Waals surface area (Å²) in [6, 6.07) is 6.92. The van der Waals surface area contributed by atoms with Gasteiger partial charge in [0.05, 0.1) is 0 Å². The molecular formula is C13H20FN. The standard InChI is InChI=1S/C13H20FN/c1-3-6-11(2)9-15-10-12-7-4-5-8-13(12)14/h4-5,7-8,11,15H,3,6,9-10H2,1-2H3. The first kappa shape index (κ1) is 12.2. The van der Waals surface area contributed by atoms with Crippen LogP contribution in [0.4, 0.5) is 4.39 Å². The molecule has 1 atom stereocenters. The second-order valence-corrected chi connectivity index (χ2v) is 4.12. The largest absolute Gasteiger partial charge is 0.312 e. The molecule has 0 spiro atoms. The van der Waals surface area contributed by atoms with Crippen molar-refractivity contribution in [1.29, 1.82) is 0 Å². The fourth-order valence-corrected chi connectivity index (χ4v) is 1.69. The summed E-state index contributed by atoms with van der Waals surface area (Å²) in [4.78, 5) is 0. The summed E-state index contributed by atoms with van der Waals surface area (Å²) in [7, 11) is 0. The molecule has 0 bridgehead atoms.